The Hall–Kier alpha value is -1.76. The molecule has 0 saturated heterocycles. The molecule has 2 rings (SSSR count). The van der Waals surface area contributed by atoms with Crippen LogP contribution >= 0.6 is 15.9 Å². The smallest absolute Gasteiger partial charge is 0.262 e. The Morgan fingerprint density at radius 3 is 2.52 bits per heavy atom. The van der Waals surface area contributed by atoms with Crippen LogP contribution in [0.4, 0.5) is 5.69 Å². The predicted octanol–water partition coefficient (Wildman–Crippen LogP) is 1.22. The third-order valence-corrected chi connectivity index (χ3v) is 4.17. The van der Waals surface area contributed by atoms with Crippen LogP contribution in [-0.4, -0.2) is 26.2 Å². The van der Waals surface area contributed by atoms with E-state index in [0.29, 0.717) is 17.4 Å². The maximum atomic E-state index is 12.1. The van der Waals surface area contributed by atoms with E-state index in [1.54, 1.807) is 7.11 Å². The van der Waals surface area contributed by atoms with Crippen LogP contribution in [-0.2, 0) is 11.3 Å². The van der Waals surface area contributed by atoms with Gasteiger partial charge in [-0.3, -0.25) is 4.79 Å². The van der Waals surface area contributed by atoms with Crippen LogP contribution in [0, 0.1) is 5.92 Å². The second-order valence-electron chi connectivity index (χ2n) is 6.34. The average molecular weight is 457 g/mol. The summed E-state index contributed by atoms with van der Waals surface area (Å²) < 4.78 is 11.9. The van der Waals surface area contributed by atoms with Crippen molar-refractivity contribution in [1.82, 2.24) is 5.32 Å². The summed E-state index contributed by atoms with van der Waals surface area (Å²) in [6.07, 6.45) is 0. The highest BCUT2D eigenvalue weighted by Crippen LogP contribution is 2.36. The minimum atomic E-state index is -0.229. The van der Waals surface area contributed by atoms with Crippen molar-refractivity contribution in [2.75, 3.05) is 25.6 Å². The van der Waals surface area contributed by atoms with Gasteiger partial charge in [0.25, 0.3) is 5.91 Å². The highest BCUT2D eigenvalue weighted by Gasteiger charge is 2.14. The summed E-state index contributed by atoms with van der Waals surface area (Å²) in [6.45, 7) is 5.91. The lowest BCUT2D eigenvalue weighted by molar-refractivity contribution is -0.118. The van der Waals surface area contributed by atoms with Crippen LogP contribution in [0.2, 0.25) is 0 Å². The van der Waals surface area contributed by atoms with Gasteiger partial charge in [0.1, 0.15) is 0 Å². The molecule has 7 heteroatoms. The van der Waals surface area contributed by atoms with E-state index in [0.717, 1.165) is 28.8 Å². The van der Waals surface area contributed by atoms with E-state index < -0.39 is 0 Å². The Bertz CT molecular complexity index is 727. The summed E-state index contributed by atoms with van der Waals surface area (Å²) in [5.41, 5.74) is 1.81. The van der Waals surface area contributed by atoms with Gasteiger partial charge in [0, 0.05) is 12.2 Å². The van der Waals surface area contributed by atoms with Crippen molar-refractivity contribution in [3.63, 3.8) is 0 Å². The van der Waals surface area contributed by atoms with Crippen molar-refractivity contribution in [3.05, 3.63) is 52.5 Å². The maximum absolute atomic E-state index is 12.1. The van der Waals surface area contributed by atoms with Gasteiger partial charge < -0.3 is 32.5 Å². The molecule has 0 bridgehead atoms. The second-order valence-corrected chi connectivity index (χ2v) is 7.19. The molecule has 0 spiro atoms. The van der Waals surface area contributed by atoms with Crippen molar-refractivity contribution in [2.24, 2.45) is 5.92 Å². The van der Waals surface area contributed by atoms with Gasteiger partial charge in [-0.25, -0.2) is 0 Å². The fourth-order valence-electron chi connectivity index (χ4n) is 2.38. The number of methoxy groups -OCH3 is 1. The fourth-order valence-corrected chi connectivity index (χ4v) is 2.98. The van der Waals surface area contributed by atoms with Crippen LogP contribution in [0.1, 0.15) is 19.4 Å². The number of carbonyl (C=O) groups excluding carboxylic acids is 1. The summed E-state index contributed by atoms with van der Waals surface area (Å²) in [4.78, 5) is 12.1. The molecule has 0 saturated carbocycles. The number of amides is 1. The van der Waals surface area contributed by atoms with Gasteiger partial charge >= 0.3 is 0 Å². The minimum Gasteiger partial charge on any atom is -1.00 e. The molecule has 0 heterocycles. The van der Waals surface area contributed by atoms with E-state index in [-0.39, 0.29) is 24.9 Å². The van der Waals surface area contributed by atoms with Gasteiger partial charge in [-0.1, -0.05) is 32.0 Å². The predicted molar refractivity (Wildman–Crippen MR) is 108 cm³/mol. The first-order chi connectivity index (χ1) is 12.5. The number of halogens is 2. The zero-order chi connectivity index (χ0) is 18.9. The number of anilines is 1. The molecule has 0 atom stereocenters. The SMILES string of the molecule is COc1cc(CNCC(C)C)cc(Br)c1OCC(=O)Nc1ccccc1.[Cl-]. The highest BCUT2D eigenvalue weighted by molar-refractivity contribution is 9.10. The fraction of sp³-hybridized carbons (Fsp3) is 0.350. The molecule has 2 aromatic rings. The van der Waals surface area contributed by atoms with Crippen molar-refractivity contribution < 1.29 is 26.7 Å². The van der Waals surface area contributed by atoms with Gasteiger partial charge in [-0.05, 0) is 58.2 Å². The molecule has 0 aromatic heterocycles. The van der Waals surface area contributed by atoms with E-state index in [2.05, 4.69) is 40.4 Å². The Balaban J connectivity index is 0.00000364. The molecule has 27 heavy (non-hydrogen) atoms. The van der Waals surface area contributed by atoms with E-state index >= 15 is 0 Å². The molecule has 2 N–H and O–H groups in total. The molecule has 1 amide bonds. The number of hydrogen-bond donors (Lipinski definition) is 2. The molecule has 0 radical (unpaired) electrons. The van der Waals surface area contributed by atoms with Crippen LogP contribution in [0.5, 0.6) is 11.5 Å². The van der Waals surface area contributed by atoms with E-state index in [4.69, 9.17) is 9.47 Å². The molecule has 0 aliphatic rings. The van der Waals surface area contributed by atoms with Crippen molar-refractivity contribution >= 4 is 27.5 Å². The second kappa shape index (κ2) is 11.8. The number of nitrogens with one attached hydrogen (secondary N) is 2. The first kappa shape index (κ1) is 23.3. The van der Waals surface area contributed by atoms with Crippen molar-refractivity contribution in [1.29, 1.82) is 0 Å². The largest absolute Gasteiger partial charge is 1.00 e. The lowest BCUT2D eigenvalue weighted by atomic mass is 10.2. The lowest BCUT2D eigenvalue weighted by Crippen LogP contribution is -3.00. The Morgan fingerprint density at radius 2 is 1.89 bits per heavy atom. The van der Waals surface area contributed by atoms with E-state index in [9.17, 15) is 4.79 Å². The van der Waals surface area contributed by atoms with Crippen LogP contribution < -0.4 is 32.5 Å². The minimum absolute atomic E-state index is 0. The molecular formula is C20H25BrClN2O3-. The third kappa shape index (κ3) is 7.79. The van der Waals surface area contributed by atoms with Gasteiger partial charge in [0.05, 0.1) is 11.6 Å². The van der Waals surface area contributed by atoms with Crippen LogP contribution in [0.3, 0.4) is 0 Å². The monoisotopic (exact) mass is 455 g/mol. The van der Waals surface area contributed by atoms with E-state index in [1.807, 2.05) is 42.5 Å². The summed E-state index contributed by atoms with van der Waals surface area (Å²) in [5.74, 6) is 1.47. The molecule has 0 fully saturated rings. The molecular weight excluding hydrogens is 432 g/mol. The zero-order valence-corrected chi connectivity index (χ0v) is 18.1. The van der Waals surface area contributed by atoms with Gasteiger partial charge in [0.2, 0.25) is 0 Å². The number of para-hydroxylation sites is 1. The average Bonchev–Trinajstić information content (AvgIpc) is 2.61. The van der Waals surface area contributed by atoms with Gasteiger partial charge in [0.15, 0.2) is 18.1 Å². The topological polar surface area (TPSA) is 59.6 Å². The first-order valence-electron chi connectivity index (χ1n) is 8.54. The summed E-state index contributed by atoms with van der Waals surface area (Å²) in [7, 11) is 1.59. The number of ether oxygens (including phenoxy) is 2. The van der Waals surface area contributed by atoms with Gasteiger partial charge in [-0.15, -0.1) is 0 Å². The Kier molecular flexibility index (Phi) is 10.2. The van der Waals surface area contributed by atoms with Gasteiger partial charge in [-0.2, -0.15) is 0 Å². The normalized spacial score (nSPS) is 10.3. The maximum Gasteiger partial charge on any atom is 0.262 e. The highest BCUT2D eigenvalue weighted by atomic mass is 79.9. The summed E-state index contributed by atoms with van der Waals surface area (Å²) in [6, 6.07) is 13.2. The van der Waals surface area contributed by atoms with E-state index in [1.165, 1.54) is 0 Å². The summed E-state index contributed by atoms with van der Waals surface area (Å²) in [5, 5.41) is 6.18. The quantitative estimate of drug-likeness (QED) is 0.596. The Morgan fingerprint density at radius 1 is 1.19 bits per heavy atom. The Labute approximate surface area is 175 Å². The summed E-state index contributed by atoms with van der Waals surface area (Å²) >= 11 is 3.51. The number of hydrogen-bond acceptors (Lipinski definition) is 4. The molecule has 0 unspecified atom stereocenters. The molecule has 2 aromatic carbocycles. The van der Waals surface area contributed by atoms with Crippen molar-refractivity contribution in [2.45, 2.75) is 20.4 Å². The molecule has 0 aliphatic heterocycles. The molecule has 5 nitrogen and oxygen atoms in total. The third-order valence-electron chi connectivity index (χ3n) is 3.58. The lowest BCUT2D eigenvalue weighted by Gasteiger charge is -2.15. The van der Waals surface area contributed by atoms with Crippen LogP contribution in [0.15, 0.2) is 46.9 Å². The standard InChI is InChI=1S/C20H25BrN2O3.ClH/c1-14(2)11-22-12-15-9-17(21)20(18(10-15)25-3)26-13-19(24)23-16-7-5-4-6-8-16;/h4-10,14,22H,11-13H2,1-3H3,(H,23,24);1H/p-1. The van der Waals surface area contributed by atoms with Crippen molar-refractivity contribution in [3.8, 4) is 11.5 Å². The zero-order valence-electron chi connectivity index (χ0n) is 15.7. The number of carbonyl (C=O) groups is 1. The molecule has 0 aliphatic carbocycles. The first-order valence-corrected chi connectivity index (χ1v) is 9.33. The number of benzene rings is 2. The number of rotatable bonds is 9. The van der Waals surface area contributed by atoms with Crippen LogP contribution in [0.25, 0.3) is 0 Å². The molecule has 148 valence electrons.